The molecule has 4 rings (SSSR count). The minimum absolute atomic E-state index is 0. The second-order valence-corrected chi connectivity index (χ2v) is 5.94. The van der Waals surface area contributed by atoms with E-state index in [2.05, 4.69) is 28.4 Å². The van der Waals surface area contributed by atoms with Crippen molar-refractivity contribution in [3.05, 3.63) is 84.2 Å². The topological polar surface area (TPSA) is 48.3 Å². The van der Waals surface area contributed by atoms with Crippen LogP contribution in [-0.4, -0.2) is 11.6 Å². The molecule has 3 aromatic rings. The number of nitriles is 1. The Balaban J connectivity index is 0.00000196. The van der Waals surface area contributed by atoms with Gasteiger partial charge in [0.2, 0.25) is 0 Å². The van der Waals surface area contributed by atoms with Crippen LogP contribution < -0.4 is 10.1 Å². The van der Waals surface area contributed by atoms with E-state index >= 15 is 0 Å². The Morgan fingerprint density at radius 1 is 1.04 bits per heavy atom. The molecule has 0 radical (unpaired) electrons. The molecule has 0 atom stereocenters. The van der Waals surface area contributed by atoms with Crippen LogP contribution in [0, 0.1) is 11.3 Å². The van der Waals surface area contributed by atoms with Crippen molar-refractivity contribution in [1.29, 1.82) is 5.26 Å². The number of halogens is 1. The summed E-state index contributed by atoms with van der Waals surface area (Å²) in [5, 5.41) is 14.9. The first-order valence-corrected chi connectivity index (χ1v) is 8.16. The fraction of sp³-hybridized carbons (Fsp3) is 0.0952. The standard InChI is InChI=1S/C21H17N3O.ClH/c22-13-18-6-3-7-19(14-24-11-10-23-15-24)21(18)25-20-9-8-16-4-1-2-5-17(16)12-20;/h1-12,23H,14-15H2;1H. The Kier molecular flexibility index (Phi) is 5.31. The summed E-state index contributed by atoms with van der Waals surface area (Å²) in [5.74, 6) is 1.36. The lowest BCUT2D eigenvalue weighted by Gasteiger charge is -2.18. The van der Waals surface area contributed by atoms with E-state index in [9.17, 15) is 5.26 Å². The molecule has 1 aliphatic rings. The maximum atomic E-state index is 9.48. The molecule has 26 heavy (non-hydrogen) atoms. The maximum absolute atomic E-state index is 9.48. The molecule has 0 saturated carbocycles. The first-order chi connectivity index (χ1) is 12.3. The van der Waals surface area contributed by atoms with Gasteiger partial charge in [0.05, 0.1) is 12.2 Å². The van der Waals surface area contributed by atoms with Gasteiger partial charge in [-0.3, -0.25) is 0 Å². The van der Waals surface area contributed by atoms with Crippen LogP contribution in [0.15, 0.2) is 73.1 Å². The van der Waals surface area contributed by atoms with Crippen LogP contribution in [-0.2, 0) is 6.54 Å². The number of fused-ring (bicyclic) bond motifs is 1. The number of para-hydroxylation sites is 1. The average molecular weight is 364 g/mol. The number of hydrogen-bond donors (Lipinski definition) is 1. The molecule has 130 valence electrons. The molecular weight excluding hydrogens is 346 g/mol. The monoisotopic (exact) mass is 363 g/mol. The van der Waals surface area contributed by atoms with E-state index in [1.54, 1.807) is 6.07 Å². The highest BCUT2D eigenvalue weighted by atomic mass is 35.5. The molecule has 0 unspecified atom stereocenters. The SMILES string of the molecule is Cl.N#Cc1cccc(CN2C=CNC2)c1Oc1ccc2ccccc2c1. The highest BCUT2D eigenvalue weighted by molar-refractivity contribution is 5.85. The first kappa shape index (κ1) is 17.7. The summed E-state index contributed by atoms with van der Waals surface area (Å²) in [6.45, 7) is 1.44. The summed E-state index contributed by atoms with van der Waals surface area (Å²) < 4.78 is 6.16. The van der Waals surface area contributed by atoms with E-state index in [-0.39, 0.29) is 12.4 Å². The number of benzene rings is 3. The van der Waals surface area contributed by atoms with Gasteiger partial charge in [0.1, 0.15) is 17.6 Å². The number of nitrogens with one attached hydrogen (secondary N) is 1. The molecule has 1 aliphatic heterocycles. The Hall–Kier alpha value is -3.16. The zero-order valence-corrected chi connectivity index (χ0v) is 14.9. The Morgan fingerprint density at radius 3 is 2.65 bits per heavy atom. The van der Waals surface area contributed by atoms with Crippen molar-refractivity contribution < 1.29 is 4.74 Å². The van der Waals surface area contributed by atoms with Crippen molar-refractivity contribution in [2.24, 2.45) is 0 Å². The van der Waals surface area contributed by atoms with Gasteiger partial charge in [0.25, 0.3) is 0 Å². The van der Waals surface area contributed by atoms with Crippen LogP contribution in [0.4, 0.5) is 0 Å². The van der Waals surface area contributed by atoms with Crippen molar-refractivity contribution in [2.75, 3.05) is 6.67 Å². The lowest BCUT2D eigenvalue weighted by Crippen LogP contribution is -2.20. The maximum Gasteiger partial charge on any atom is 0.150 e. The lowest BCUT2D eigenvalue weighted by molar-refractivity contribution is 0.374. The van der Waals surface area contributed by atoms with Gasteiger partial charge in [-0.15, -0.1) is 12.4 Å². The summed E-state index contributed by atoms with van der Waals surface area (Å²) in [6.07, 6.45) is 3.91. The summed E-state index contributed by atoms with van der Waals surface area (Å²) >= 11 is 0. The first-order valence-electron chi connectivity index (χ1n) is 8.16. The molecule has 0 spiro atoms. The van der Waals surface area contributed by atoms with Crippen LogP contribution in [0.25, 0.3) is 10.8 Å². The third-order valence-corrected chi connectivity index (χ3v) is 4.23. The highest BCUT2D eigenvalue weighted by Gasteiger charge is 2.14. The Labute approximate surface area is 158 Å². The van der Waals surface area contributed by atoms with Gasteiger partial charge in [-0.2, -0.15) is 5.26 Å². The Bertz CT molecular complexity index is 994. The largest absolute Gasteiger partial charge is 0.456 e. The lowest BCUT2D eigenvalue weighted by atomic mass is 10.1. The van der Waals surface area contributed by atoms with Gasteiger partial charge >= 0.3 is 0 Å². The molecule has 0 amide bonds. The van der Waals surface area contributed by atoms with E-state index in [0.29, 0.717) is 17.9 Å². The van der Waals surface area contributed by atoms with E-state index in [1.165, 1.54) is 0 Å². The zero-order chi connectivity index (χ0) is 17.1. The van der Waals surface area contributed by atoms with Gasteiger partial charge in [-0.05, 0) is 29.0 Å². The van der Waals surface area contributed by atoms with E-state index in [4.69, 9.17) is 4.74 Å². The van der Waals surface area contributed by atoms with Crippen molar-refractivity contribution in [3.63, 3.8) is 0 Å². The molecule has 0 saturated heterocycles. The predicted molar refractivity (Wildman–Crippen MR) is 105 cm³/mol. The van der Waals surface area contributed by atoms with Crippen molar-refractivity contribution in [2.45, 2.75) is 6.54 Å². The quantitative estimate of drug-likeness (QED) is 0.726. The van der Waals surface area contributed by atoms with Crippen LogP contribution in [0.2, 0.25) is 0 Å². The second kappa shape index (κ2) is 7.81. The second-order valence-electron chi connectivity index (χ2n) is 5.94. The van der Waals surface area contributed by atoms with Crippen LogP contribution in [0.5, 0.6) is 11.5 Å². The van der Waals surface area contributed by atoms with Crippen molar-refractivity contribution in [1.82, 2.24) is 10.2 Å². The minimum Gasteiger partial charge on any atom is -0.456 e. The van der Waals surface area contributed by atoms with E-state index in [1.807, 2.05) is 54.9 Å². The molecule has 1 heterocycles. The zero-order valence-electron chi connectivity index (χ0n) is 14.1. The highest BCUT2D eigenvalue weighted by Crippen LogP contribution is 2.32. The number of ether oxygens (including phenoxy) is 1. The molecule has 0 aliphatic carbocycles. The van der Waals surface area contributed by atoms with Gasteiger partial charge < -0.3 is 15.0 Å². The van der Waals surface area contributed by atoms with Gasteiger partial charge in [-0.25, -0.2) is 0 Å². The van der Waals surface area contributed by atoms with Crippen LogP contribution in [0.1, 0.15) is 11.1 Å². The predicted octanol–water partition coefficient (Wildman–Crippen LogP) is 4.76. The van der Waals surface area contributed by atoms with Crippen LogP contribution in [0.3, 0.4) is 0 Å². The third kappa shape index (κ3) is 3.58. The summed E-state index contributed by atoms with van der Waals surface area (Å²) in [4.78, 5) is 2.13. The Morgan fingerprint density at radius 2 is 1.88 bits per heavy atom. The minimum atomic E-state index is 0. The average Bonchev–Trinajstić information content (AvgIpc) is 3.16. The van der Waals surface area contributed by atoms with Crippen LogP contribution >= 0.6 is 12.4 Å². The van der Waals surface area contributed by atoms with Gasteiger partial charge in [-0.1, -0.05) is 42.5 Å². The molecule has 3 aromatic carbocycles. The summed E-state index contributed by atoms with van der Waals surface area (Å²) in [6, 6.07) is 22.1. The normalized spacial score (nSPS) is 12.3. The fourth-order valence-electron chi connectivity index (χ4n) is 2.97. The molecule has 0 aromatic heterocycles. The number of rotatable bonds is 4. The number of nitrogens with zero attached hydrogens (tertiary/aromatic N) is 2. The van der Waals surface area contributed by atoms with Crippen molar-refractivity contribution in [3.8, 4) is 17.6 Å². The van der Waals surface area contributed by atoms with Gasteiger partial charge in [0, 0.05) is 24.5 Å². The molecule has 0 fully saturated rings. The summed E-state index contributed by atoms with van der Waals surface area (Å²) in [5.41, 5.74) is 1.53. The molecule has 1 N–H and O–H groups in total. The third-order valence-electron chi connectivity index (χ3n) is 4.23. The summed E-state index contributed by atoms with van der Waals surface area (Å²) in [7, 11) is 0. The van der Waals surface area contributed by atoms with Crippen molar-refractivity contribution >= 4 is 23.2 Å². The number of hydrogen-bond acceptors (Lipinski definition) is 4. The molecule has 4 nitrogen and oxygen atoms in total. The van der Waals surface area contributed by atoms with Gasteiger partial charge in [0.15, 0.2) is 0 Å². The molecular formula is C21H18ClN3O. The van der Waals surface area contributed by atoms with E-state index < -0.39 is 0 Å². The smallest absolute Gasteiger partial charge is 0.150 e. The molecule has 5 heteroatoms. The van der Waals surface area contributed by atoms with E-state index in [0.717, 1.165) is 28.8 Å². The fourth-order valence-corrected chi connectivity index (χ4v) is 2.97. The molecule has 0 bridgehead atoms.